The average molecular weight is 620 g/mol. The molecule has 2 aromatic carbocycles. The van der Waals surface area contributed by atoms with Gasteiger partial charge in [0.2, 0.25) is 11.8 Å². The van der Waals surface area contributed by atoms with Crippen LogP contribution < -0.4 is 10.2 Å². The number of halogens is 2. The van der Waals surface area contributed by atoms with Gasteiger partial charge in [-0.15, -0.1) is 12.4 Å². The number of nitrogens with zero attached hydrogens (tertiary/aromatic N) is 3. The van der Waals surface area contributed by atoms with Gasteiger partial charge < -0.3 is 19.4 Å². The maximum absolute atomic E-state index is 13.7. The van der Waals surface area contributed by atoms with E-state index in [-0.39, 0.29) is 30.1 Å². The van der Waals surface area contributed by atoms with Crippen molar-refractivity contribution in [2.75, 3.05) is 56.6 Å². The summed E-state index contributed by atoms with van der Waals surface area (Å²) in [5.41, 5.74) is 3.86. The molecule has 0 saturated carbocycles. The predicted octanol–water partition coefficient (Wildman–Crippen LogP) is 6.18. The van der Waals surface area contributed by atoms with Crippen LogP contribution in [0.5, 0.6) is 0 Å². The van der Waals surface area contributed by atoms with Gasteiger partial charge in [0.05, 0.1) is 7.11 Å². The van der Waals surface area contributed by atoms with Gasteiger partial charge in [-0.25, -0.2) is 4.79 Å². The summed E-state index contributed by atoms with van der Waals surface area (Å²) in [5, 5.41) is 3.36. The molecule has 0 unspecified atom stereocenters. The zero-order valence-corrected chi connectivity index (χ0v) is 26.5. The number of hydrogen-bond acceptors (Lipinski definition) is 5. The van der Waals surface area contributed by atoms with E-state index in [4.69, 9.17) is 11.6 Å². The van der Waals surface area contributed by atoms with Crippen molar-refractivity contribution in [1.82, 2.24) is 9.80 Å². The van der Waals surface area contributed by atoms with Crippen LogP contribution in [0, 0.1) is 18.8 Å². The number of ether oxygens (including phenoxy) is 1. The molecule has 10 heteroatoms. The Morgan fingerprint density at radius 3 is 2.26 bits per heavy atom. The van der Waals surface area contributed by atoms with E-state index in [1.165, 1.54) is 12.7 Å². The molecule has 0 atom stereocenters. The Morgan fingerprint density at radius 2 is 1.67 bits per heavy atom. The molecule has 0 spiro atoms. The third-order valence-electron chi connectivity index (χ3n) is 8.50. The Bertz CT molecular complexity index is 1190. The molecule has 3 amide bonds. The fourth-order valence-electron chi connectivity index (χ4n) is 5.87. The number of carbonyl (C=O) groups is 3. The fraction of sp³-hybridized carbons (Fsp3) is 0.531. The molecule has 0 bridgehead atoms. The number of nitrogens with one attached hydrogen (secondary N) is 1. The van der Waals surface area contributed by atoms with Gasteiger partial charge in [0.1, 0.15) is 0 Å². The molecule has 2 heterocycles. The van der Waals surface area contributed by atoms with Gasteiger partial charge in [-0.3, -0.25) is 14.9 Å². The van der Waals surface area contributed by atoms with Crippen LogP contribution in [-0.4, -0.2) is 74.1 Å². The van der Waals surface area contributed by atoms with E-state index in [1.807, 2.05) is 47.1 Å². The molecule has 0 radical (unpaired) electrons. The lowest BCUT2D eigenvalue weighted by molar-refractivity contribution is -0.133. The number of piperidine rings is 2. The van der Waals surface area contributed by atoms with Crippen molar-refractivity contribution in [3.63, 3.8) is 0 Å². The van der Waals surface area contributed by atoms with Crippen molar-refractivity contribution < 1.29 is 19.1 Å². The molecule has 0 aromatic heterocycles. The van der Waals surface area contributed by atoms with Gasteiger partial charge in [-0.05, 0) is 106 Å². The lowest BCUT2D eigenvalue weighted by Gasteiger charge is -2.35. The van der Waals surface area contributed by atoms with Crippen molar-refractivity contribution in [2.24, 2.45) is 11.8 Å². The second-order valence-corrected chi connectivity index (χ2v) is 11.8. The molecule has 2 saturated heterocycles. The zero-order valence-electron chi connectivity index (χ0n) is 24.9. The smallest absolute Gasteiger partial charge is 0.411 e. The molecular weight excluding hydrogens is 575 g/mol. The van der Waals surface area contributed by atoms with Crippen molar-refractivity contribution in [1.29, 1.82) is 0 Å². The highest BCUT2D eigenvalue weighted by atomic mass is 35.5. The first kappa shape index (κ1) is 33.7. The summed E-state index contributed by atoms with van der Waals surface area (Å²) in [4.78, 5) is 43.1. The number of amides is 3. The van der Waals surface area contributed by atoms with E-state index in [1.54, 1.807) is 6.92 Å². The minimum Gasteiger partial charge on any atom is -0.453 e. The van der Waals surface area contributed by atoms with Crippen LogP contribution in [0.4, 0.5) is 16.2 Å². The third kappa shape index (κ3) is 9.35. The quantitative estimate of drug-likeness (QED) is 0.363. The lowest BCUT2D eigenvalue weighted by atomic mass is 9.90. The number of anilines is 2. The minimum atomic E-state index is -0.463. The number of benzene rings is 2. The van der Waals surface area contributed by atoms with Crippen molar-refractivity contribution in [3.05, 3.63) is 58.6 Å². The van der Waals surface area contributed by atoms with E-state index < -0.39 is 6.09 Å². The second kappa shape index (κ2) is 16.1. The Labute approximate surface area is 261 Å². The normalized spacial score (nSPS) is 16.4. The van der Waals surface area contributed by atoms with E-state index in [0.717, 1.165) is 62.3 Å². The molecule has 0 aliphatic carbocycles. The van der Waals surface area contributed by atoms with Gasteiger partial charge in [-0.1, -0.05) is 29.8 Å². The van der Waals surface area contributed by atoms with Crippen LogP contribution >= 0.6 is 24.0 Å². The first-order valence-corrected chi connectivity index (χ1v) is 15.1. The molecule has 8 nitrogen and oxygen atoms in total. The Balaban J connectivity index is 0.00000484. The van der Waals surface area contributed by atoms with Crippen molar-refractivity contribution in [2.45, 2.75) is 52.4 Å². The van der Waals surface area contributed by atoms with E-state index in [2.05, 4.69) is 27.1 Å². The molecule has 2 fully saturated rings. The largest absolute Gasteiger partial charge is 0.453 e. The molecule has 42 heavy (non-hydrogen) atoms. The van der Waals surface area contributed by atoms with Crippen LogP contribution in [0.3, 0.4) is 0 Å². The highest BCUT2D eigenvalue weighted by Crippen LogP contribution is 2.28. The molecule has 2 aliphatic heterocycles. The summed E-state index contributed by atoms with van der Waals surface area (Å²) >= 11 is 6.45. The molecule has 4 rings (SSSR count). The van der Waals surface area contributed by atoms with Crippen LogP contribution in [-0.2, 0) is 20.7 Å². The predicted molar refractivity (Wildman–Crippen MR) is 171 cm³/mol. The summed E-state index contributed by atoms with van der Waals surface area (Å²) in [5.74, 6) is 0.776. The molecule has 230 valence electrons. The lowest BCUT2D eigenvalue weighted by Crippen LogP contribution is -2.45. The minimum absolute atomic E-state index is 0. The van der Waals surface area contributed by atoms with Crippen LogP contribution in [0.1, 0.15) is 50.2 Å². The summed E-state index contributed by atoms with van der Waals surface area (Å²) in [6.07, 6.45) is 5.16. The average Bonchev–Trinajstić information content (AvgIpc) is 2.98. The SMILES string of the molecule is COC(=O)Nc1ccc(CC2CCN(CCCN(C(=O)C3CCN(C(C)=O)CC3)c3ccc(C)c(Cl)c3)CC2)cc1.Cl. The van der Waals surface area contributed by atoms with Crippen molar-refractivity contribution >= 4 is 53.3 Å². The van der Waals surface area contributed by atoms with Gasteiger partial charge >= 0.3 is 6.09 Å². The number of aryl methyl sites for hydroxylation is 1. The van der Waals surface area contributed by atoms with E-state index >= 15 is 0 Å². The van der Waals surface area contributed by atoms with Crippen LogP contribution in [0.2, 0.25) is 5.02 Å². The second-order valence-electron chi connectivity index (χ2n) is 11.4. The van der Waals surface area contributed by atoms with Crippen LogP contribution in [0.25, 0.3) is 0 Å². The van der Waals surface area contributed by atoms with Gasteiger partial charge in [0, 0.05) is 48.9 Å². The molecule has 1 N–H and O–H groups in total. The van der Waals surface area contributed by atoms with Gasteiger partial charge in [0.25, 0.3) is 0 Å². The maximum atomic E-state index is 13.7. The monoisotopic (exact) mass is 618 g/mol. The highest BCUT2D eigenvalue weighted by Gasteiger charge is 2.30. The molecule has 2 aromatic rings. The summed E-state index contributed by atoms with van der Waals surface area (Å²) in [6.45, 7) is 8.55. The zero-order chi connectivity index (χ0) is 29.4. The van der Waals surface area contributed by atoms with E-state index in [0.29, 0.717) is 43.4 Å². The first-order valence-electron chi connectivity index (χ1n) is 14.7. The standard InChI is InChI=1S/C32H43ClN4O4.ClH/c1-23-5-10-29(22-30(23)33)37(31(39)27-13-19-36(20-14-27)24(2)38)16-4-15-35-17-11-26(12-18-35)21-25-6-8-28(9-7-25)34-32(40)41-3;/h5-10,22,26-27H,4,11-21H2,1-3H3,(H,34,40);1H. The topological polar surface area (TPSA) is 82.2 Å². The highest BCUT2D eigenvalue weighted by molar-refractivity contribution is 6.31. The summed E-state index contributed by atoms with van der Waals surface area (Å²) in [6, 6.07) is 13.9. The fourth-order valence-corrected chi connectivity index (χ4v) is 6.05. The third-order valence-corrected chi connectivity index (χ3v) is 8.90. The maximum Gasteiger partial charge on any atom is 0.411 e. The van der Waals surface area contributed by atoms with Crippen LogP contribution in [0.15, 0.2) is 42.5 Å². The number of carbonyl (C=O) groups excluding carboxylic acids is 3. The Morgan fingerprint density at radius 1 is 1.00 bits per heavy atom. The number of likely N-dealkylation sites (tertiary alicyclic amines) is 2. The van der Waals surface area contributed by atoms with Crippen molar-refractivity contribution in [3.8, 4) is 0 Å². The summed E-state index contributed by atoms with van der Waals surface area (Å²) in [7, 11) is 1.36. The number of hydrogen-bond donors (Lipinski definition) is 1. The Hall–Kier alpha value is -2.81. The Kier molecular flexibility index (Phi) is 13.0. The molecular formula is C32H44Cl2N4O4. The van der Waals surface area contributed by atoms with E-state index in [9.17, 15) is 14.4 Å². The van der Waals surface area contributed by atoms with Gasteiger partial charge in [0.15, 0.2) is 0 Å². The summed E-state index contributed by atoms with van der Waals surface area (Å²) < 4.78 is 4.65. The first-order chi connectivity index (χ1) is 19.7. The molecule has 2 aliphatic rings. The number of rotatable bonds is 9. The van der Waals surface area contributed by atoms with Gasteiger partial charge in [-0.2, -0.15) is 0 Å². The number of methoxy groups -OCH3 is 1.